The molecule has 0 amide bonds. The van der Waals surface area contributed by atoms with Gasteiger partial charge >= 0.3 is 5.97 Å². The normalized spacial score (nSPS) is 13.9. The van der Waals surface area contributed by atoms with E-state index in [1.807, 2.05) is 6.92 Å². The first kappa shape index (κ1) is 22.4. The van der Waals surface area contributed by atoms with E-state index in [0.29, 0.717) is 6.42 Å². The van der Waals surface area contributed by atoms with Crippen LogP contribution in [0.1, 0.15) is 84.5 Å². The van der Waals surface area contributed by atoms with E-state index in [0.717, 1.165) is 19.3 Å². The lowest BCUT2D eigenvalue weighted by atomic mass is 10.0. The summed E-state index contributed by atoms with van der Waals surface area (Å²) in [6.07, 6.45) is 10.8. The fourth-order valence-electron chi connectivity index (χ4n) is 2.47. The van der Waals surface area contributed by atoms with Crippen LogP contribution in [0, 0.1) is 0 Å². The van der Waals surface area contributed by atoms with Crippen molar-refractivity contribution in [2.24, 2.45) is 0 Å². The molecular weight excluding hydrogens is 296 g/mol. The smallest absolute Gasteiger partial charge is 0.361 e. The maximum Gasteiger partial charge on any atom is 0.361 e. The van der Waals surface area contributed by atoms with Gasteiger partial charge in [-0.1, -0.05) is 65.2 Å². The van der Waals surface area contributed by atoms with Gasteiger partial charge in [0.25, 0.3) is 6.29 Å². The van der Waals surface area contributed by atoms with Gasteiger partial charge in [-0.15, -0.1) is 0 Å². The molecule has 0 radical (unpaired) electrons. The van der Waals surface area contributed by atoms with Gasteiger partial charge in [0.1, 0.15) is 0 Å². The molecular formula is C18H36O5. The predicted molar refractivity (Wildman–Crippen MR) is 91.5 cm³/mol. The Hall–Kier alpha value is -0.650. The highest BCUT2D eigenvalue weighted by molar-refractivity contribution is 5.70. The number of hydrogen-bond acceptors (Lipinski definition) is 4. The minimum Gasteiger partial charge on any atom is -0.477 e. The topological polar surface area (TPSA) is 76.0 Å². The fourth-order valence-corrected chi connectivity index (χ4v) is 2.47. The van der Waals surface area contributed by atoms with Gasteiger partial charge in [-0.05, 0) is 19.3 Å². The molecule has 138 valence electrons. The zero-order valence-electron chi connectivity index (χ0n) is 15.0. The molecule has 2 N–H and O–H groups in total. The quantitative estimate of drug-likeness (QED) is 0.309. The highest BCUT2D eigenvalue weighted by Crippen LogP contribution is 2.15. The Kier molecular flexibility index (Phi) is 15.8. The zero-order chi connectivity index (χ0) is 17.3. The summed E-state index contributed by atoms with van der Waals surface area (Å²) in [5, 5.41) is 17.8. The lowest BCUT2D eigenvalue weighted by molar-refractivity contribution is -0.203. The van der Waals surface area contributed by atoms with Crippen LogP contribution >= 0.6 is 0 Å². The third-order valence-corrected chi connectivity index (χ3v) is 3.92. The molecule has 0 fully saturated rings. The average Bonchev–Trinajstić information content (AvgIpc) is 2.54. The van der Waals surface area contributed by atoms with E-state index >= 15 is 0 Å². The van der Waals surface area contributed by atoms with Crippen LogP contribution in [0.5, 0.6) is 0 Å². The van der Waals surface area contributed by atoms with Crippen molar-refractivity contribution < 1.29 is 24.5 Å². The number of unbranched alkanes of at least 4 members (excludes halogenated alkanes) is 7. The molecule has 23 heavy (non-hydrogen) atoms. The van der Waals surface area contributed by atoms with E-state index in [1.165, 1.54) is 44.9 Å². The second-order valence-corrected chi connectivity index (χ2v) is 6.05. The van der Waals surface area contributed by atoms with Crippen molar-refractivity contribution >= 4 is 5.97 Å². The molecule has 0 aromatic rings. The summed E-state index contributed by atoms with van der Waals surface area (Å²) < 4.78 is 10.7. The molecule has 0 spiro atoms. The molecule has 0 aliphatic rings. The van der Waals surface area contributed by atoms with Crippen molar-refractivity contribution in [2.45, 2.75) is 96.9 Å². The van der Waals surface area contributed by atoms with Crippen molar-refractivity contribution in [3.63, 3.8) is 0 Å². The van der Waals surface area contributed by atoms with Crippen LogP contribution in [0.25, 0.3) is 0 Å². The van der Waals surface area contributed by atoms with E-state index in [1.54, 1.807) is 0 Å². The van der Waals surface area contributed by atoms with Crippen LogP contribution in [0.4, 0.5) is 0 Å². The summed E-state index contributed by atoms with van der Waals surface area (Å²) >= 11 is 0. The lowest BCUT2D eigenvalue weighted by Crippen LogP contribution is -2.32. The Morgan fingerprint density at radius 2 is 1.57 bits per heavy atom. The maximum atomic E-state index is 11.1. The number of aliphatic hydroxyl groups is 1. The Morgan fingerprint density at radius 1 is 0.957 bits per heavy atom. The zero-order valence-corrected chi connectivity index (χ0v) is 15.0. The van der Waals surface area contributed by atoms with Crippen LogP contribution in [0.2, 0.25) is 0 Å². The van der Waals surface area contributed by atoms with Gasteiger partial charge in [0.2, 0.25) is 0 Å². The first-order valence-electron chi connectivity index (χ1n) is 9.26. The van der Waals surface area contributed by atoms with Crippen LogP contribution in [-0.4, -0.2) is 41.8 Å². The second-order valence-electron chi connectivity index (χ2n) is 6.05. The van der Waals surface area contributed by atoms with Gasteiger partial charge in [0.05, 0.1) is 12.7 Å². The molecule has 0 saturated heterocycles. The van der Waals surface area contributed by atoms with E-state index < -0.39 is 12.3 Å². The maximum absolute atomic E-state index is 11.1. The van der Waals surface area contributed by atoms with Crippen molar-refractivity contribution in [1.29, 1.82) is 0 Å². The third-order valence-electron chi connectivity index (χ3n) is 3.92. The monoisotopic (exact) mass is 332 g/mol. The number of carbonyl (C=O) groups is 1. The largest absolute Gasteiger partial charge is 0.477 e. The molecule has 0 aliphatic heterocycles. The summed E-state index contributed by atoms with van der Waals surface area (Å²) in [6.45, 7) is 4.41. The number of ether oxygens (including phenoxy) is 2. The number of carboxylic acids is 1. The molecule has 0 saturated carbocycles. The first-order valence-corrected chi connectivity index (χ1v) is 9.26. The predicted octanol–water partition coefficient (Wildman–Crippen LogP) is 4.12. The SMILES string of the molecule is CCCCCCCCCCC(CC)OC(OCCCO)C(=O)O. The van der Waals surface area contributed by atoms with E-state index in [4.69, 9.17) is 19.7 Å². The molecule has 0 aromatic heterocycles. The molecule has 0 aliphatic carbocycles. The lowest BCUT2D eigenvalue weighted by Gasteiger charge is -2.21. The van der Waals surface area contributed by atoms with Crippen molar-refractivity contribution in [2.75, 3.05) is 13.2 Å². The van der Waals surface area contributed by atoms with E-state index in [9.17, 15) is 4.79 Å². The van der Waals surface area contributed by atoms with Gasteiger partial charge in [0, 0.05) is 6.61 Å². The molecule has 2 atom stereocenters. The highest BCUT2D eigenvalue weighted by Gasteiger charge is 2.22. The molecule has 5 heteroatoms. The minimum atomic E-state index is -1.22. The van der Waals surface area contributed by atoms with E-state index in [-0.39, 0.29) is 19.3 Å². The summed E-state index contributed by atoms with van der Waals surface area (Å²) in [6, 6.07) is 0. The average molecular weight is 332 g/mol. The Balaban J connectivity index is 3.82. The number of rotatable bonds is 17. The highest BCUT2D eigenvalue weighted by atomic mass is 16.7. The number of carboxylic acid groups (broad SMARTS) is 1. The number of hydrogen-bond donors (Lipinski definition) is 2. The molecule has 2 unspecified atom stereocenters. The Morgan fingerprint density at radius 3 is 2.09 bits per heavy atom. The van der Waals surface area contributed by atoms with Gasteiger partial charge in [-0.3, -0.25) is 0 Å². The van der Waals surface area contributed by atoms with Gasteiger partial charge < -0.3 is 19.7 Å². The summed E-state index contributed by atoms with van der Waals surface area (Å²) in [5.74, 6) is -1.10. The molecule has 0 bridgehead atoms. The van der Waals surface area contributed by atoms with Gasteiger partial charge in [-0.2, -0.15) is 0 Å². The van der Waals surface area contributed by atoms with Gasteiger partial charge in [0.15, 0.2) is 0 Å². The fraction of sp³-hybridized carbons (Fsp3) is 0.944. The van der Waals surface area contributed by atoms with Crippen LogP contribution in [0.3, 0.4) is 0 Å². The second kappa shape index (κ2) is 16.2. The first-order chi connectivity index (χ1) is 11.2. The summed E-state index contributed by atoms with van der Waals surface area (Å²) in [5.41, 5.74) is 0. The van der Waals surface area contributed by atoms with Crippen LogP contribution in [-0.2, 0) is 14.3 Å². The summed E-state index contributed by atoms with van der Waals surface area (Å²) in [7, 11) is 0. The minimum absolute atomic E-state index is 0.0121. The molecule has 0 rings (SSSR count). The molecule has 5 nitrogen and oxygen atoms in total. The standard InChI is InChI=1S/C18H36O5/c1-3-5-6-7-8-9-10-11-13-16(4-2)23-18(17(20)21)22-15-12-14-19/h16,18-19H,3-15H2,1-2H3,(H,20,21). The molecule has 0 aromatic carbocycles. The van der Waals surface area contributed by atoms with Crippen LogP contribution in [0.15, 0.2) is 0 Å². The van der Waals surface area contributed by atoms with Crippen molar-refractivity contribution in [3.05, 3.63) is 0 Å². The van der Waals surface area contributed by atoms with E-state index in [2.05, 4.69) is 6.92 Å². The molecule has 0 heterocycles. The third kappa shape index (κ3) is 13.5. The number of aliphatic carboxylic acids is 1. The Labute approximate surface area is 141 Å². The van der Waals surface area contributed by atoms with Crippen molar-refractivity contribution in [3.8, 4) is 0 Å². The Bertz CT molecular complexity index is 270. The van der Waals surface area contributed by atoms with Crippen molar-refractivity contribution in [1.82, 2.24) is 0 Å². The summed E-state index contributed by atoms with van der Waals surface area (Å²) in [4.78, 5) is 11.1. The van der Waals surface area contributed by atoms with Gasteiger partial charge in [-0.25, -0.2) is 4.79 Å². The van der Waals surface area contributed by atoms with Crippen LogP contribution < -0.4 is 0 Å². The number of aliphatic hydroxyl groups excluding tert-OH is 1.